The van der Waals surface area contributed by atoms with Crippen LogP contribution in [0, 0.1) is 5.92 Å². The molecular formula is C30H33N5O4. The van der Waals surface area contributed by atoms with Crippen molar-refractivity contribution in [2.24, 2.45) is 11.7 Å². The summed E-state index contributed by atoms with van der Waals surface area (Å²) in [6.07, 6.45) is 0.599. The topological polar surface area (TPSA) is 105 Å². The summed E-state index contributed by atoms with van der Waals surface area (Å²) >= 11 is 0. The summed E-state index contributed by atoms with van der Waals surface area (Å²) in [7, 11) is 0. The number of nitrogens with zero attached hydrogens (tertiary/aromatic N) is 4. The molecular weight excluding hydrogens is 494 g/mol. The molecule has 0 bridgehead atoms. The van der Waals surface area contributed by atoms with Crippen molar-refractivity contribution in [2.75, 3.05) is 19.9 Å². The predicted octanol–water partition coefficient (Wildman–Crippen LogP) is 4.00. The van der Waals surface area contributed by atoms with Crippen LogP contribution in [0.3, 0.4) is 0 Å². The summed E-state index contributed by atoms with van der Waals surface area (Å²) in [4.78, 5) is 29.7. The molecule has 0 saturated carbocycles. The SMILES string of the molecule is CC(C)C(c1nn(-c2ccccc2)c(=O)n1Cc1ccccc1)N(CCCN)C(=O)c1ccc2c(c1)OCO2. The number of hydrogen-bond donors (Lipinski definition) is 1. The lowest BCUT2D eigenvalue weighted by Crippen LogP contribution is -2.40. The maximum absolute atomic E-state index is 14.1. The largest absolute Gasteiger partial charge is 0.454 e. The van der Waals surface area contributed by atoms with E-state index in [1.807, 2.05) is 74.5 Å². The highest BCUT2D eigenvalue weighted by Gasteiger charge is 2.34. The number of benzene rings is 3. The van der Waals surface area contributed by atoms with Gasteiger partial charge in [0, 0.05) is 12.1 Å². The molecule has 202 valence electrons. The van der Waals surface area contributed by atoms with Crippen molar-refractivity contribution in [3.63, 3.8) is 0 Å². The van der Waals surface area contributed by atoms with Crippen molar-refractivity contribution < 1.29 is 14.3 Å². The molecule has 5 rings (SSSR count). The van der Waals surface area contributed by atoms with Gasteiger partial charge in [0.05, 0.1) is 18.3 Å². The molecule has 39 heavy (non-hydrogen) atoms. The fourth-order valence-electron chi connectivity index (χ4n) is 4.90. The Morgan fingerprint density at radius 2 is 1.69 bits per heavy atom. The van der Waals surface area contributed by atoms with Crippen LogP contribution >= 0.6 is 0 Å². The fourth-order valence-corrected chi connectivity index (χ4v) is 4.90. The van der Waals surface area contributed by atoms with Gasteiger partial charge in [-0.25, -0.2) is 4.79 Å². The summed E-state index contributed by atoms with van der Waals surface area (Å²) in [5, 5.41) is 4.86. The molecule has 2 heterocycles. The van der Waals surface area contributed by atoms with Gasteiger partial charge in [0.1, 0.15) is 0 Å². The van der Waals surface area contributed by atoms with E-state index >= 15 is 0 Å². The van der Waals surface area contributed by atoms with Crippen LogP contribution in [0.5, 0.6) is 11.5 Å². The zero-order chi connectivity index (χ0) is 27.4. The van der Waals surface area contributed by atoms with Gasteiger partial charge >= 0.3 is 5.69 Å². The third-order valence-corrected chi connectivity index (χ3v) is 6.79. The molecule has 0 spiro atoms. The summed E-state index contributed by atoms with van der Waals surface area (Å²) < 4.78 is 14.0. The van der Waals surface area contributed by atoms with Gasteiger partial charge in [-0.15, -0.1) is 5.10 Å². The Morgan fingerprint density at radius 3 is 2.38 bits per heavy atom. The summed E-state index contributed by atoms with van der Waals surface area (Å²) in [6.45, 7) is 5.35. The van der Waals surface area contributed by atoms with Crippen LogP contribution in [0.25, 0.3) is 5.69 Å². The first-order valence-electron chi connectivity index (χ1n) is 13.2. The predicted molar refractivity (Wildman–Crippen MR) is 148 cm³/mol. The Kier molecular flexibility index (Phi) is 7.79. The number of carbonyl (C=O) groups excluding carboxylic acids is 1. The number of fused-ring (bicyclic) bond motifs is 1. The van der Waals surface area contributed by atoms with E-state index in [4.69, 9.17) is 20.3 Å². The average Bonchev–Trinajstić information content (AvgIpc) is 3.55. The van der Waals surface area contributed by atoms with Gasteiger partial charge in [-0.05, 0) is 54.8 Å². The number of ether oxygens (including phenoxy) is 2. The van der Waals surface area contributed by atoms with Crippen LogP contribution in [-0.4, -0.2) is 45.0 Å². The standard InChI is InChI=1S/C30H33N5O4/c1-21(2)27(33(17-9-16-31)29(36)23-14-15-25-26(18-23)39-20-38-25)28-32-35(24-12-7-4-8-13-24)30(37)34(28)19-22-10-5-3-6-11-22/h3-8,10-15,18,21,27H,9,16-17,19-20,31H2,1-2H3. The van der Waals surface area contributed by atoms with Gasteiger partial charge in [0.15, 0.2) is 17.3 Å². The quantitative estimate of drug-likeness (QED) is 0.334. The first kappa shape index (κ1) is 26.2. The number of amides is 1. The van der Waals surface area contributed by atoms with E-state index in [9.17, 15) is 9.59 Å². The maximum atomic E-state index is 14.1. The van der Waals surface area contributed by atoms with Gasteiger partial charge in [0.25, 0.3) is 5.91 Å². The molecule has 0 fully saturated rings. The molecule has 1 amide bonds. The molecule has 3 aromatic carbocycles. The summed E-state index contributed by atoms with van der Waals surface area (Å²) in [6, 6.07) is 23.8. The lowest BCUT2D eigenvalue weighted by atomic mass is 9.99. The zero-order valence-electron chi connectivity index (χ0n) is 22.2. The van der Waals surface area contributed by atoms with Crippen LogP contribution in [0.4, 0.5) is 0 Å². The number of rotatable bonds is 10. The molecule has 1 unspecified atom stereocenters. The minimum Gasteiger partial charge on any atom is -0.454 e. The van der Waals surface area contributed by atoms with Crippen molar-refractivity contribution in [1.82, 2.24) is 19.2 Å². The number of aromatic nitrogens is 3. The van der Waals surface area contributed by atoms with Crippen molar-refractivity contribution in [1.29, 1.82) is 0 Å². The molecule has 1 aliphatic rings. The highest BCUT2D eigenvalue weighted by molar-refractivity contribution is 5.95. The van der Waals surface area contributed by atoms with E-state index in [1.54, 1.807) is 27.7 Å². The number of para-hydroxylation sites is 1. The molecule has 2 N–H and O–H groups in total. The monoisotopic (exact) mass is 527 g/mol. The molecule has 1 atom stereocenters. The van der Waals surface area contributed by atoms with E-state index in [2.05, 4.69) is 0 Å². The van der Waals surface area contributed by atoms with E-state index in [0.717, 1.165) is 5.56 Å². The van der Waals surface area contributed by atoms with Gasteiger partial charge in [-0.1, -0.05) is 62.4 Å². The number of nitrogens with two attached hydrogens (primary N) is 1. The van der Waals surface area contributed by atoms with Crippen LogP contribution in [-0.2, 0) is 6.54 Å². The molecule has 4 aromatic rings. The lowest BCUT2D eigenvalue weighted by molar-refractivity contribution is 0.0603. The lowest BCUT2D eigenvalue weighted by Gasteiger charge is -2.34. The van der Waals surface area contributed by atoms with Gasteiger partial charge in [0.2, 0.25) is 6.79 Å². The van der Waals surface area contributed by atoms with Crippen LogP contribution in [0.15, 0.2) is 83.7 Å². The van der Waals surface area contributed by atoms with Gasteiger partial charge in [-0.3, -0.25) is 9.36 Å². The highest BCUT2D eigenvalue weighted by atomic mass is 16.7. The Balaban J connectivity index is 1.63. The third kappa shape index (κ3) is 5.44. The number of hydrogen-bond acceptors (Lipinski definition) is 6. The van der Waals surface area contributed by atoms with Gasteiger partial charge in [-0.2, -0.15) is 4.68 Å². The fraction of sp³-hybridized carbons (Fsp3) is 0.300. The molecule has 1 aliphatic heterocycles. The van der Waals surface area contributed by atoms with Crippen LogP contribution < -0.4 is 20.9 Å². The summed E-state index contributed by atoms with van der Waals surface area (Å²) in [5.41, 5.74) is 7.73. The number of carbonyl (C=O) groups is 1. The third-order valence-electron chi connectivity index (χ3n) is 6.79. The highest BCUT2D eigenvalue weighted by Crippen LogP contribution is 2.35. The first-order chi connectivity index (χ1) is 19.0. The molecule has 9 heteroatoms. The Morgan fingerprint density at radius 1 is 1.00 bits per heavy atom. The minimum absolute atomic E-state index is 0.0544. The minimum atomic E-state index is -0.490. The Labute approximate surface area is 227 Å². The maximum Gasteiger partial charge on any atom is 0.351 e. The van der Waals surface area contributed by atoms with Gasteiger partial charge < -0.3 is 20.1 Å². The van der Waals surface area contributed by atoms with Crippen molar-refractivity contribution in [3.8, 4) is 17.2 Å². The van der Waals surface area contributed by atoms with Crippen molar-refractivity contribution in [2.45, 2.75) is 32.9 Å². The Bertz CT molecular complexity index is 1480. The molecule has 0 radical (unpaired) electrons. The zero-order valence-corrected chi connectivity index (χ0v) is 22.2. The average molecular weight is 528 g/mol. The molecule has 9 nitrogen and oxygen atoms in total. The van der Waals surface area contributed by atoms with Crippen molar-refractivity contribution in [3.05, 3.63) is 106 Å². The van der Waals surface area contributed by atoms with Crippen LogP contribution in [0.2, 0.25) is 0 Å². The normalized spacial score (nSPS) is 13.0. The van der Waals surface area contributed by atoms with E-state index in [1.165, 1.54) is 4.68 Å². The second-order valence-corrected chi connectivity index (χ2v) is 9.86. The van der Waals surface area contributed by atoms with E-state index < -0.39 is 6.04 Å². The van der Waals surface area contributed by atoms with Crippen LogP contribution in [0.1, 0.15) is 48.1 Å². The molecule has 0 aliphatic carbocycles. The second kappa shape index (κ2) is 11.6. The molecule has 1 aromatic heterocycles. The summed E-state index contributed by atoms with van der Waals surface area (Å²) in [5.74, 6) is 1.43. The van der Waals surface area contributed by atoms with Crippen molar-refractivity contribution >= 4 is 5.91 Å². The van der Waals surface area contributed by atoms with E-state index in [0.29, 0.717) is 54.6 Å². The smallest absolute Gasteiger partial charge is 0.351 e. The Hall–Kier alpha value is -4.37. The molecule has 0 saturated heterocycles. The first-order valence-corrected chi connectivity index (χ1v) is 13.2. The second-order valence-electron chi connectivity index (χ2n) is 9.86. The van der Waals surface area contributed by atoms with E-state index in [-0.39, 0.29) is 24.3 Å².